The molecular formula is C26H22BrNS. The molecule has 1 heterocycles. The molecule has 1 nitrogen and oxygen atoms in total. The highest BCUT2D eigenvalue weighted by molar-refractivity contribution is 9.10. The quantitative estimate of drug-likeness (QED) is 0.272. The van der Waals surface area contributed by atoms with Gasteiger partial charge in [0.1, 0.15) is 0 Å². The van der Waals surface area contributed by atoms with E-state index in [2.05, 4.69) is 103 Å². The number of thiophene rings is 1. The fourth-order valence-electron chi connectivity index (χ4n) is 3.48. The summed E-state index contributed by atoms with van der Waals surface area (Å²) in [5.74, 6) is 0. The monoisotopic (exact) mass is 459 g/mol. The Bertz CT molecular complexity index is 1090. The minimum absolute atomic E-state index is 1.000. The Balaban J connectivity index is 1.84. The maximum absolute atomic E-state index is 5.17. The van der Waals surface area contributed by atoms with E-state index in [0.29, 0.717) is 0 Å². The van der Waals surface area contributed by atoms with Crippen LogP contribution in [0.3, 0.4) is 0 Å². The van der Waals surface area contributed by atoms with Crippen LogP contribution in [-0.2, 0) is 0 Å². The van der Waals surface area contributed by atoms with E-state index in [1.165, 1.54) is 30.9 Å². The van der Waals surface area contributed by atoms with Gasteiger partial charge in [0.25, 0.3) is 0 Å². The van der Waals surface area contributed by atoms with Crippen molar-refractivity contribution in [3.05, 3.63) is 110 Å². The van der Waals surface area contributed by atoms with Crippen molar-refractivity contribution in [1.29, 1.82) is 0 Å². The Morgan fingerprint density at radius 2 is 1.28 bits per heavy atom. The van der Waals surface area contributed by atoms with Gasteiger partial charge in [0.15, 0.2) is 0 Å². The summed E-state index contributed by atoms with van der Waals surface area (Å²) < 4.78 is 1.17. The summed E-state index contributed by atoms with van der Waals surface area (Å²) in [6.07, 6.45) is 0. The van der Waals surface area contributed by atoms with Gasteiger partial charge in [-0.3, -0.25) is 0 Å². The highest BCUT2D eigenvalue weighted by atomic mass is 79.9. The number of benzene rings is 3. The number of nitrogens with zero attached hydrogens (tertiary/aromatic N) is 1. The first-order valence-electron chi connectivity index (χ1n) is 9.60. The zero-order valence-corrected chi connectivity index (χ0v) is 19.1. The maximum atomic E-state index is 5.17. The fourth-order valence-corrected chi connectivity index (χ4v) is 5.00. The summed E-state index contributed by atoms with van der Waals surface area (Å²) in [7, 11) is 0. The normalized spacial score (nSPS) is 10.8. The van der Waals surface area contributed by atoms with Crippen LogP contribution in [0.25, 0.3) is 10.4 Å². The number of rotatable bonds is 4. The number of aliphatic imine (C=N–C) groups is 1. The van der Waals surface area contributed by atoms with Crippen molar-refractivity contribution in [3.63, 3.8) is 0 Å². The molecule has 144 valence electrons. The Kier molecular flexibility index (Phi) is 5.79. The van der Waals surface area contributed by atoms with E-state index < -0.39 is 0 Å². The third kappa shape index (κ3) is 4.26. The topological polar surface area (TPSA) is 12.4 Å². The zero-order chi connectivity index (χ0) is 20.4. The van der Waals surface area contributed by atoms with Crippen molar-refractivity contribution < 1.29 is 0 Å². The van der Waals surface area contributed by atoms with Crippen molar-refractivity contribution >= 4 is 38.7 Å². The lowest BCUT2D eigenvalue weighted by molar-refractivity contribution is 1.32. The van der Waals surface area contributed by atoms with Crippen LogP contribution < -0.4 is 0 Å². The highest BCUT2D eigenvalue weighted by Gasteiger charge is 2.12. The van der Waals surface area contributed by atoms with Gasteiger partial charge in [0.05, 0.1) is 11.4 Å². The lowest BCUT2D eigenvalue weighted by Gasteiger charge is -2.12. The molecule has 4 rings (SSSR count). The van der Waals surface area contributed by atoms with E-state index in [1.54, 1.807) is 0 Å². The summed E-state index contributed by atoms with van der Waals surface area (Å²) in [6, 6.07) is 27.5. The molecule has 0 amide bonds. The number of halogens is 1. The lowest BCUT2D eigenvalue weighted by atomic mass is 10.00. The molecule has 0 aliphatic rings. The van der Waals surface area contributed by atoms with E-state index in [0.717, 1.165) is 22.5 Å². The summed E-state index contributed by atoms with van der Waals surface area (Å²) in [6.45, 7) is 6.44. The maximum Gasteiger partial charge on any atom is 0.0781 e. The predicted molar refractivity (Wildman–Crippen MR) is 130 cm³/mol. The largest absolute Gasteiger partial charge is 0.247 e. The van der Waals surface area contributed by atoms with Gasteiger partial charge in [-0.2, -0.15) is 0 Å². The van der Waals surface area contributed by atoms with Crippen LogP contribution in [0, 0.1) is 20.8 Å². The second-order valence-electron chi connectivity index (χ2n) is 7.17. The molecule has 0 radical (unpaired) electrons. The third-order valence-corrected chi connectivity index (χ3v) is 7.14. The van der Waals surface area contributed by atoms with E-state index in [1.807, 2.05) is 23.5 Å². The van der Waals surface area contributed by atoms with Crippen LogP contribution in [-0.4, -0.2) is 5.71 Å². The van der Waals surface area contributed by atoms with Crippen LogP contribution in [0.4, 0.5) is 5.69 Å². The molecule has 0 aliphatic carbocycles. The summed E-state index contributed by atoms with van der Waals surface area (Å²) in [5.41, 5.74) is 7.92. The van der Waals surface area contributed by atoms with Gasteiger partial charge < -0.3 is 0 Å². The Morgan fingerprint density at radius 3 is 1.72 bits per heavy atom. The van der Waals surface area contributed by atoms with Crippen LogP contribution >= 0.6 is 27.3 Å². The molecule has 0 N–H and O–H groups in total. The van der Waals surface area contributed by atoms with E-state index in [9.17, 15) is 0 Å². The predicted octanol–water partition coefficient (Wildman–Crippen LogP) is 8.27. The fraction of sp³-hybridized carbons (Fsp3) is 0.115. The molecule has 0 spiro atoms. The molecule has 0 saturated carbocycles. The molecule has 0 aliphatic heterocycles. The second-order valence-corrected chi connectivity index (χ2v) is 9.28. The van der Waals surface area contributed by atoms with Crippen molar-refractivity contribution in [2.45, 2.75) is 20.8 Å². The Morgan fingerprint density at radius 1 is 0.759 bits per heavy atom. The van der Waals surface area contributed by atoms with Gasteiger partial charge in [-0.1, -0.05) is 60.7 Å². The average molecular weight is 460 g/mol. The molecular weight excluding hydrogens is 438 g/mol. The van der Waals surface area contributed by atoms with Crippen molar-refractivity contribution in [1.82, 2.24) is 0 Å². The number of hydrogen-bond donors (Lipinski definition) is 0. The first kappa shape index (κ1) is 19.8. The molecule has 0 bridgehead atoms. The van der Waals surface area contributed by atoms with Crippen LogP contribution in [0.5, 0.6) is 0 Å². The van der Waals surface area contributed by atoms with Crippen LogP contribution in [0.2, 0.25) is 0 Å². The molecule has 0 unspecified atom stereocenters. The first-order valence-corrected chi connectivity index (χ1v) is 11.2. The standard InChI is InChI=1S/C26H22BrNS/c1-17-14-22(24-16-23(27)19(3)29-24)15-18(2)25(17)28-26(20-10-6-4-7-11-20)21-12-8-5-9-13-21/h4-16H,1-3H3. The van der Waals surface area contributed by atoms with E-state index in [-0.39, 0.29) is 0 Å². The molecule has 3 aromatic carbocycles. The average Bonchev–Trinajstić information content (AvgIpc) is 3.07. The van der Waals surface area contributed by atoms with Crippen LogP contribution in [0.15, 0.2) is 88.3 Å². The molecule has 0 fully saturated rings. The van der Waals surface area contributed by atoms with Gasteiger partial charge in [-0.25, -0.2) is 4.99 Å². The van der Waals surface area contributed by atoms with Gasteiger partial charge >= 0.3 is 0 Å². The smallest absolute Gasteiger partial charge is 0.0781 e. The molecule has 0 atom stereocenters. The Labute approximate surface area is 184 Å². The third-order valence-electron chi connectivity index (χ3n) is 4.95. The highest BCUT2D eigenvalue weighted by Crippen LogP contribution is 2.37. The lowest BCUT2D eigenvalue weighted by Crippen LogP contribution is -2.03. The minimum Gasteiger partial charge on any atom is -0.247 e. The van der Waals surface area contributed by atoms with Crippen molar-refractivity contribution in [2.24, 2.45) is 4.99 Å². The van der Waals surface area contributed by atoms with Gasteiger partial charge in [-0.05, 0) is 71.6 Å². The van der Waals surface area contributed by atoms with Crippen molar-refractivity contribution in [3.8, 4) is 10.4 Å². The zero-order valence-electron chi connectivity index (χ0n) is 16.7. The summed E-state index contributed by atoms with van der Waals surface area (Å²) in [4.78, 5) is 7.75. The SMILES string of the molecule is Cc1cc(-c2cc(Br)c(C)s2)cc(C)c1N=C(c1ccccc1)c1ccccc1. The molecule has 3 heteroatoms. The van der Waals surface area contributed by atoms with E-state index in [4.69, 9.17) is 4.99 Å². The number of aryl methyl sites for hydroxylation is 3. The molecule has 1 aromatic heterocycles. The Hall–Kier alpha value is -2.49. The molecule has 0 saturated heterocycles. The first-order chi connectivity index (χ1) is 14.0. The minimum atomic E-state index is 1.000. The summed E-state index contributed by atoms with van der Waals surface area (Å²) >= 11 is 5.45. The van der Waals surface area contributed by atoms with Gasteiger partial charge in [0.2, 0.25) is 0 Å². The molecule has 4 aromatic rings. The number of hydrogen-bond acceptors (Lipinski definition) is 2. The van der Waals surface area contributed by atoms with Gasteiger partial charge in [0, 0.05) is 25.4 Å². The molecule has 29 heavy (non-hydrogen) atoms. The van der Waals surface area contributed by atoms with E-state index >= 15 is 0 Å². The van der Waals surface area contributed by atoms with Crippen molar-refractivity contribution in [2.75, 3.05) is 0 Å². The summed E-state index contributed by atoms with van der Waals surface area (Å²) in [5, 5.41) is 0. The van der Waals surface area contributed by atoms with Crippen LogP contribution in [0.1, 0.15) is 27.1 Å². The second kappa shape index (κ2) is 8.48. The van der Waals surface area contributed by atoms with Gasteiger partial charge in [-0.15, -0.1) is 11.3 Å².